The number of aromatic nitrogens is 2. The van der Waals surface area contributed by atoms with Gasteiger partial charge < -0.3 is 19.4 Å². The van der Waals surface area contributed by atoms with Gasteiger partial charge in [0.2, 0.25) is 5.91 Å². The Morgan fingerprint density at radius 3 is 3.29 bits per heavy atom. The van der Waals surface area contributed by atoms with Crippen molar-refractivity contribution in [3.8, 4) is 0 Å². The lowest BCUT2D eigenvalue weighted by Crippen LogP contribution is -2.42. The molecule has 2 aliphatic rings. The van der Waals surface area contributed by atoms with Crippen LogP contribution in [0.2, 0.25) is 0 Å². The molecule has 1 fully saturated rings. The third-order valence-corrected chi connectivity index (χ3v) is 4.04. The van der Waals surface area contributed by atoms with Gasteiger partial charge in [0.05, 0.1) is 18.4 Å². The van der Waals surface area contributed by atoms with E-state index >= 15 is 0 Å². The normalized spacial score (nSPS) is 24.8. The fourth-order valence-electron chi connectivity index (χ4n) is 3.03. The van der Waals surface area contributed by atoms with Gasteiger partial charge in [-0.1, -0.05) is 0 Å². The van der Waals surface area contributed by atoms with Gasteiger partial charge in [0, 0.05) is 31.8 Å². The molecule has 0 aliphatic carbocycles. The Morgan fingerprint density at radius 1 is 1.57 bits per heavy atom. The van der Waals surface area contributed by atoms with Crippen molar-refractivity contribution < 1.29 is 14.3 Å². The van der Waals surface area contributed by atoms with Crippen LogP contribution in [0.15, 0.2) is 6.20 Å². The topological polar surface area (TPSA) is 65.4 Å². The number of carbonyl (C=O) groups is 1. The number of aryl methyl sites for hydroxylation is 2. The monoisotopic (exact) mass is 293 g/mol. The Hall–Kier alpha value is -1.40. The van der Waals surface area contributed by atoms with Crippen molar-refractivity contribution in [3.63, 3.8) is 0 Å². The summed E-state index contributed by atoms with van der Waals surface area (Å²) in [4.78, 5) is 16.4. The molecule has 3 heterocycles. The number of imidazole rings is 1. The average Bonchev–Trinajstić information content (AvgIpc) is 3.06. The minimum Gasteiger partial charge on any atom is -0.376 e. The highest BCUT2D eigenvalue weighted by atomic mass is 16.5. The standard InChI is InChI=1S/C15H23N3O3/c1-11-7-18-8-12(4-5-14(18)16-11)17-15(19)10-20-9-13-3-2-6-21-13/h7,12-13H,2-6,8-10H2,1H3,(H,17,19)/t12-,13-/m1/s1. The number of carbonyl (C=O) groups excluding carboxylic acids is 1. The highest BCUT2D eigenvalue weighted by molar-refractivity contribution is 5.77. The van der Waals surface area contributed by atoms with Gasteiger partial charge in [0.15, 0.2) is 0 Å². The summed E-state index contributed by atoms with van der Waals surface area (Å²) >= 11 is 0. The van der Waals surface area contributed by atoms with Crippen molar-refractivity contribution in [1.82, 2.24) is 14.9 Å². The first-order chi connectivity index (χ1) is 10.2. The molecule has 0 bridgehead atoms. The molecule has 0 saturated carbocycles. The van der Waals surface area contributed by atoms with Crippen LogP contribution in [0, 0.1) is 6.92 Å². The largest absolute Gasteiger partial charge is 0.376 e. The predicted octanol–water partition coefficient (Wildman–Crippen LogP) is 0.818. The van der Waals surface area contributed by atoms with Gasteiger partial charge >= 0.3 is 0 Å². The van der Waals surface area contributed by atoms with E-state index in [0.29, 0.717) is 6.61 Å². The maximum absolute atomic E-state index is 11.9. The molecule has 21 heavy (non-hydrogen) atoms. The number of amides is 1. The maximum atomic E-state index is 11.9. The summed E-state index contributed by atoms with van der Waals surface area (Å²) in [5, 5.41) is 3.04. The van der Waals surface area contributed by atoms with Gasteiger partial charge in [0.25, 0.3) is 0 Å². The molecular formula is C15H23N3O3. The quantitative estimate of drug-likeness (QED) is 0.873. The van der Waals surface area contributed by atoms with E-state index in [2.05, 4.69) is 14.9 Å². The van der Waals surface area contributed by atoms with Gasteiger partial charge in [-0.3, -0.25) is 4.79 Å². The van der Waals surface area contributed by atoms with Crippen molar-refractivity contribution >= 4 is 5.91 Å². The second kappa shape index (κ2) is 6.58. The first kappa shape index (κ1) is 14.5. The Labute approximate surface area is 124 Å². The number of hydrogen-bond donors (Lipinski definition) is 1. The third-order valence-electron chi connectivity index (χ3n) is 4.04. The SMILES string of the molecule is Cc1cn2c(n1)CC[C@@H](NC(=O)COC[C@H]1CCCO1)C2. The fraction of sp³-hybridized carbons (Fsp3) is 0.733. The lowest BCUT2D eigenvalue weighted by molar-refractivity contribution is -0.127. The molecule has 0 spiro atoms. The number of nitrogens with zero attached hydrogens (tertiary/aromatic N) is 2. The van der Waals surface area contributed by atoms with E-state index in [9.17, 15) is 4.79 Å². The van der Waals surface area contributed by atoms with Crippen LogP contribution < -0.4 is 5.32 Å². The molecule has 116 valence electrons. The second-order valence-electron chi connectivity index (χ2n) is 5.90. The first-order valence-corrected chi connectivity index (χ1v) is 7.72. The molecule has 0 aromatic carbocycles. The van der Waals surface area contributed by atoms with E-state index in [1.54, 1.807) is 0 Å². The third kappa shape index (κ3) is 3.83. The number of ether oxygens (including phenoxy) is 2. The molecular weight excluding hydrogens is 270 g/mol. The minimum absolute atomic E-state index is 0.0433. The number of hydrogen-bond acceptors (Lipinski definition) is 4. The molecule has 0 unspecified atom stereocenters. The van der Waals surface area contributed by atoms with E-state index in [0.717, 1.165) is 50.4 Å². The highest BCUT2D eigenvalue weighted by Crippen LogP contribution is 2.15. The molecule has 1 N–H and O–H groups in total. The fourth-order valence-corrected chi connectivity index (χ4v) is 3.03. The van der Waals surface area contributed by atoms with Crippen LogP contribution in [0.4, 0.5) is 0 Å². The van der Waals surface area contributed by atoms with Crippen LogP contribution in [0.3, 0.4) is 0 Å². The average molecular weight is 293 g/mol. The molecule has 0 radical (unpaired) electrons. The summed E-state index contributed by atoms with van der Waals surface area (Å²) in [7, 11) is 0. The smallest absolute Gasteiger partial charge is 0.246 e. The van der Waals surface area contributed by atoms with Crippen LogP contribution in [0.25, 0.3) is 0 Å². The molecule has 2 aliphatic heterocycles. The molecule has 6 nitrogen and oxygen atoms in total. The van der Waals surface area contributed by atoms with E-state index in [1.165, 1.54) is 0 Å². The molecule has 3 rings (SSSR count). The summed E-state index contributed by atoms with van der Waals surface area (Å²) < 4.78 is 13.0. The summed E-state index contributed by atoms with van der Waals surface area (Å²) in [6.45, 7) is 4.25. The van der Waals surface area contributed by atoms with Gasteiger partial charge in [-0.2, -0.15) is 0 Å². The van der Waals surface area contributed by atoms with Gasteiger partial charge in [0.1, 0.15) is 12.4 Å². The molecule has 1 aromatic rings. The number of rotatable bonds is 5. The molecule has 2 atom stereocenters. The van der Waals surface area contributed by atoms with Crippen LogP contribution in [-0.2, 0) is 27.2 Å². The number of nitrogens with one attached hydrogen (secondary N) is 1. The highest BCUT2D eigenvalue weighted by Gasteiger charge is 2.21. The van der Waals surface area contributed by atoms with Crippen molar-refractivity contribution in [2.75, 3.05) is 19.8 Å². The van der Waals surface area contributed by atoms with E-state index in [4.69, 9.17) is 9.47 Å². The Bertz CT molecular complexity index is 494. The maximum Gasteiger partial charge on any atom is 0.246 e. The second-order valence-corrected chi connectivity index (χ2v) is 5.90. The van der Waals surface area contributed by atoms with Crippen LogP contribution in [0.5, 0.6) is 0 Å². The lowest BCUT2D eigenvalue weighted by atomic mass is 10.1. The lowest BCUT2D eigenvalue weighted by Gasteiger charge is -2.24. The molecule has 6 heteroatoms. The molecule has 1 aromatic heterocycles. The van der Waals surface area contributed by atoms with Crippen molar-refractivity contribution in [3.05, 3.63) is 17.7 Å². The Kier molecular flexibility index (Phi) is 4.55. The molecule has 1 saturated heterocycles. The van der Waals surface area contributed by atoms with Crippen LogP contribution in [0.1, 0.15) is 30.8 Å². The zero-order valence-corrected chi connectivity index (χ0v) is 12.5. The van der Waals surface area contributed by atoms with Gasteiger partial charge in [-0.05, 0) is 26.2 Å². The van der Waals surface area contributed by atoms with Gasteiger partial charge in [-0.15, -0.1) is 0 Å². The zero-order valence-electron chi connectivity index (χ0n) is 12.5. The van der Waals surface area contributed by atoms with Crippen molar-refractivity contribution in [1.29, 1.82) is 0 Å². The van der Waals surface area contributed by atoms with Crippen molar-refractivity contribution in [2.24, 2.45) is 0 Å². The summed E-state index contributed by atoms with van der Waals surface area (Å²) in [5.74, 6) is 1.07. The van der Waals surface area contributed by atoms with E-state index in [1.807, 2.05) is 13.1 Å². The summed E-state index contributed by atoms with van der Waals surface area (Å²) in [6, 6.07) is 0.171. The summed E-state index contributed by atoms with van der Waals surface area (Å²) in [5.41, 5.74) is 1.04. The minimum atomic E-state index is -0.0433. The van der Waals surface area contributed by atoms with Crippen LogP contribution >= 0.6 is 0 Å². The van der Waals surface area contributed by atoms with E-state index < -0.39 is 0 Å². The first-order valence-electron chi connectivity index (χ1n) is 7.72. The van der Waals surface area contributed by atoms with Crippen molar-refractivity contribution in [2.45, 2.75) is 51.3 Å². The Morgan fingerprint density at radius 2 is 2.48 bits per heavy atom. The van der Waals surface area contributed by atoms with E-state index in [-0.39, 0.29) is 24.7 Å². The van der Waals surface area contributed by atoms with Gasteiger partial charge in [-0.25, -0.2) is 4.98 Å². The zero-order chi connectivity index (χ0) is 14.7. The Balaban J connectivity index is 1.39. The van der Waals surface area contributed by atoms with Crippen LogP contribution in [-0.4, -0.2) is 47.4 Å². The molecule has 1 amide bonds. The predicted molar refractivity (Wildman–Crippen MR) is 77.0 cm³/mol. The summed E-state index contributed by atoms with van der Waals surface area (Å²) in [6.07, 6.45) is 6.19. The number of fused-ring (bicyclic) bond motifs is 1.